The Hall–Kier alpha value is -3.12. The summed E-state index contributed by atoms with van der Waals surface area (Å²) in [5, 5.41) is 0. The molecule has 168 valence electrons. The first kappa shape index (κ1) is 20.3. The largest absolute Gasteiger partial charge is 0.0619 e. The number of rotatable bonds is 0. The Labute approximate surface area is 203 Å². The number of aryl methyl sites for hydroxylation is 1. The summed E-state index contributed by atoms with van der Waals surface area (Å²) in [4.78, 5) is 0. The van der Waals surface area contributed by atoms with Crippen molar-refractivity contribution in [1.29, 1.82) is 0 Å². The van der Waals surface area contributed by atoms with E-state index in [4.69, 9.17) is 0 Å². The summed E-state index contributed by atoms with van der Waals surface area (Å²) < 4.78 is 0. The first-order valence-corrected chi connectivity index (χ1v) is 12.6. The van der Waals surface area contributed by atoms with E-state index >= 15 is 0 Å². The van der Waals surface area contributed by atoms with Crippen LogP contribution in [0.2, 0.25) is 0 Å². The summed E-state index contributed by atoms with van der Waals surface area (Å²) in [5.74, 6) is 0. The van der Waals surface area contributed by atoms with E-state index < -0.39 is 0 Å². The maximum Gasteiger partial charge on any atom is 0.0165 e. The van der Waals surface area contributed by atoms with Crippen molar-refractivity contribution in [1.82, 2.24) is 0 Å². The lowest BCUT2D eigenvalue weighted by molar-refractivity contribution is 0.635. The Morgan fingerprint density at radius 2 is 0.824 bits per heavy atom. The molecule has 0 aliphatic heterocycles. The Morgan fingerprint density at radius 1 is 0.441 bits per heavy atom. The molecule has 4 aromatic carbocycles. The molecule has 0 atom stereocenters. The lowest BCUT2D eigenvalue weighted by atomic mass is 9.71. The Bertz CT molecular complexity index is 1570. The second-order valence-corrected chi connectivity index (χ2v) is 12.3. The molecule has 0 bridgehead atoms. The molecule has 0 heterocycles. The van der Waals surface area contributed by atoms with Crippen molar-refractivity contribution < 1.29 is 0 Å². The molecule has 7 rings (SSSR count). The summed E-state index contributed by atoms with van der Waals surface area (Å²) in [6.45, 7) is 16.9. The zero-order valence-electron chi connectivity index (χ0n) is 21.4. The second kappa shape index (κ2) is 5.92. The van der Waals surface area contributed by atoms with E-state index in [1.165, 1.54) is 61.2 Å². The molecule has 0 heteroatoms. The van der Waals surface area contributed by atoms with Gasteiger partial charge in [-0.25, -0.2) is 0 Å². The molecule has 34 heavy (non-hydrogen) atoms. The van der Waals surface area contributed by atoms with Gasteiger partial charge in [-0.2, -0.15) is 0 Å². The van der Waals surface area contributed by atoms with Crippen molar-refractivity contribution in [3.05, 3.63) is 106 Å². The maximum absolute atomic E-state index is 2.45. The first-order chi connectivity index (χ1) is 16.1. The minimum Gasteiger partial charge on any atom is -0.0619 e. The SMILES string of the molecule is Cc1ccc2c(c1)C(C)(C)c1c3c(c4c(c1-2)C(C)(C)c1ccccc1-4)C(C)(C)c1ccccc1-3. The minimum absolute atomic E-state index is 0.0423. The molecule has 4 aromatic rings. The third kappa shape index (κ3) is 2.08. The summed E-state index contributed by atoms with van der Waals surface area (Å²) >= 11 is 0. The summed E-state index contributed by atoms with van der Waals surface area (Å²) in [6, 6.07) is 25.5. The monoisotopic (exact) mass is 440 g/mol. The lowest BCUT2D eigenvalue weighted by Gasteiger charge is -2.31. The van der Waals surface area contributed by atoms with Crippen LogP contribution in [0, 0.1) is 6.92 Å². The van der Waals surface area contributed by atoms with Gasteiger partial charge in [-0.3, -0.25) is 0 Å². The van der Waals surface area contributed by atoms with Crippen LogP contribution >= 0.6 is 0 Å². The van der Waals surface area contributed by atoms with Crippen LogP contribution in [0.3, 0.4) is 0 Å². The van der Waals surface area contributed by atoms with E-state index in [2.05, 4.69) is 115 Å². The molecule has 0 unspecified atom stereocenters. The smallest absolute Gasteiger partial charge is 0.0165 e. The number of hydrogen-bond acceptors (Lipinski definition) is 0. The van der Waals surface area contributed by atoms with Gasteiger partial charge in [-0.1, -0.05) is 114 Å². The Balaban J connectivity index is 1.78. The molecule has 3 aliphatic carbocycles. The van der Waals surface area contributed by atoms with Gasteiger partial charge in [0, 0.05) is 16.2 Å². The van der Waals surface area contributed by atoms with E-state index in [0.29, 0.717) is 0 Å². The van der Waals surface area contributed by atoms with Gasteiger partial charge in [0.2, 0.25) is 0 Å². The van der Waals surface area contributed by atoms with E-state index in [9.17, 15) is 0 Å². The molecule has 0 N–H and O–H groups in total. The predicted octanol–water partition coefficient (Wildman–Crippen LogP) is 8.91. The fraction of sp³-hybridized carbons (Fsp3) is 0.294. The van der Waals surface area contributed by atoms with Crippen LogP contribution in [0.15, 0.2) is 66.7 Å². The van der Waals surface area contributed by atoms with Crippen LogP contribution in [-0.4, -0.2) is 0 Å². The van der Waals surface area contributed by atoms with Gasteiger partial charge >= 0.3 is 0 Å². The zero-order valence-corrected chi connectivity index (χ0v) is 21.4. The molecule has 0 radical (unpaired) electrons. The van der Waals surface area contributed by atoms with Gasteiger partial charge in [0.1, 0.15) is 0 Å². The van der Waals surface area contributed by atoms with E-state index in [0.717, 1.165) is 0 Å². The van der Waals surface area contributed by atoms with Crippen LogP contribution < -0.4 is 0 Å². The Kier molecular flexibility index (Phi) is 3.53. The first-order valence-electron chi connectivity index (χ1n) is 12.6. The van der Waals surface area contributed by atoms with Crippen molar-refractivity contribution >= 4 is 0 Å². The van der Waals surface area contributed by atoms with Gasteiger partial charge < -0.3 is 0 Å². The highest BCUT2D eigenvalue weighted by molar-refractivity contribution is 6.04. The van der Waals surface area contributed by atoms with Crippen molar-refractivity contribution in [3.8, 4) is 33.4 Å². The standard InChI is InChI=1S/C34H32/c1-19-16-17-22-25(18-19)34(6,7)31-27-21-13-9-11-15-24(21)32(2,3)29(27)26-20-12-8-10-14-23(20)33(4,5)30(26)28(22)31/h8-18H,1-7H3. The molecule has 0 spiro atoms. The molecule has 0 amide bonds. The average Bonchev–Trinajstić information content (AvgIpc) is 3.28. The molecule has 0 saturated heterocycles. The fourth-order valence-corrected chi connectivity index (χ4v) is 7.72. The number of benzene rings is 4. The van der Waals surface area contributed by atoms with Gasteiger partial charge in [-0.15, -0.1) is 0 Å². The highest BCUT2D eigenvalue weighted by atomic mass is 14.5. The van der Waals surface area contributed by atoms with Crippen molar-refractivity contribution in [3.63, 3.8) is 0 Å². The van der Waals surface area contributed by atoms with Crippen LogP contribution in [0.4, 0.5) is 0 Å². The predicted molar refractivity (Wildman–Crippen MR) is 144 cm³/mol. The molecular formula is C34H32. The van der Waals surface area contributed by atoms with Gasteiger partial charge in [0.25, 0.3) is 0 Å². The highest BCUT2D eigenvalue weighted by Crippen LogP contribution is 2.67. The second-order valence-electron chi connectivity index (χ2n) is 12.3. The molecule has 0 fully saturated rings. The topological polar surface area (TPSA) is 0 Å². The average molecular weight is 441 g/mol. The number of fused-ring (bicyclic) bond motifs is 12. The normalized spacial score (nSPS) is 18.6. The van der Waals surface area contributed by atoms with Crippen molar-refractivity contribution in [2.75, 3.05) is 0 Å². The van der Waals surface area contributed by atoms with Crippen LogP contribution in [0.25, 0.3) is 33.4 Å². The molecule has 0 nitrogen and oxygen atoms in total. The van der Waals surface area contributed by atoms with Gasteiger partial charge in [0.05, 0.1) is 0 Å². The quantitative estimate of drug-likeness (QED) is 0.256. The van der Waals surface area contributed by atoms with E-state index in [-0.39, 0.29) is 16.2 Å². The summed E-state index contributed by atoms with van der Waals surface area (Å²) in [6.07, 6.45) is 0. The zero-order chi connectivity index (χ0) is 23.8. The van der Waals surface area contributed by atoms with Crippen molar-refractivity contribution in [2.45, 2.75) is 64.7 Å². The van der Waals surface area contributed by atoms with Gasteiger partial charge in [-0.05, 0) is 73.7 Å². The summed E-state index contributed by atoms with van der Waals surface area (Å²) in [7, 11) is 0. The van der Waals surface area contributed by atoms with Crippen molar-refractivity contribution in [2.24, 2.45) is 0 Å². The van der Waals surface area contributed by atoms with Gasteiger partial charge in [0.15, 0.2) is 0 Å². The molecular weight excluding hydrogens is 408 g/mol. The van der Waals surface area contributed by atoms with Crippen LogP contribution in [0.5, 0.6) is 0 Å². The summed E-state index contributed by atoms with van der Waals surface area (Å²) in [5.41, 5.74) is 19.0. The molecule has 3 aliphatic rings. The van der Waals surface area contributed by atoms with E-state index in [1.54, 1.807) is 11.1 Å². The van der Waals surface area contributed by atoms with Crippen LogP contribution in [-0.2, 0) is 16.2 Å². The van der Waals surface area contributed by atoms with E-state index in [1.807, 2.05) is 0 Å². The number of hydrogen-bond donors (Lipinski definition) is 0. The molecule has 0 aromatic heterocycles. The fourth-order valence-electron chi connectivity index (χ4n) is 7.72. The lowest BCUT2D eigenvalue weighted by Crippen LogP contribution is -2.22. The third-order valence-electron chi connectivity index (χ3n) is 9.23. The van der Waals surface area contributed by atoms with Crippen LogP contribution in [0.1, 0.15) is 80.5 Å². The Morgan fingerprint density at radius 3 is 1.29 bits per heavy atom. The minimum atomic E-state index is -0.0474. The highest BCUT2D eigenvalue weighted by Gasteiger charge is 2.52. The molecule has 0 saturated carbocycles. The maximum atomic E-state index is 2.45. The third-order valence-corrected chi connectivity index (χ3v) is 9.23.